The first-order chi connectivity index (χ1) is 10.2. The summed E-state index contributed by atoms with van der Waals surface area (Å²) in [6.45, 7) is 8.55. The maximum Gasteiger partial charge on any atom is 0.0755 e. The van der Waals surface area contributed by atoms with Gasteiger partial charge in [0.05, 0.1) is 12.2 Å². The molecule has 0 radical (unpaired) electrons. The molecule has 0 spiro atoms. The van der Waals surface area contributed by atoms with Crippen LogP contribution in [0.3, 0.4) is 0 Å². The molecule has 1 fully saturated rings. The van der Waals surface area contributed by atoms with Crippen molar-refractivity contribution in [3.63, 3.8) is 0 Å². The fourth-order valence-corrected chi connectivity index (χ4v) is 3.72. The Balaban J connectivity index is 1.67. The number of hydrogen-bond donors (Lipinski definition) is 1. The molecule has 0 atom stereocenters. The smallest absolute Gasteiger partial charge is 0.0755 e. The van der Waals surface area contributed by atoms with E-state index in [-0.39, 0.29) is 0 Å². The van der Waals surface area contributed by atoms with Crippen LogP contribution in [-0.2, 0) is 19.4 Å². The topological polar surface area (TPSA) is 29.9 Å². The predicted octanol–water partition coefficient (Wildman–Crippen LogP) is 3.47. The first-order valence-electron chi connectivity index (χ1n) is 8.01. The molecule has 0 unspecified atom stereocenters. The molecule has 0 saturated heterocycles. The Morgan fingerprint density at radius 1 is 1.29 bits per heavy atom. The van der Waals surface area contributed by atoms with E-state index in [0.717, 1.165) is 32.0 Å². The number of aryl methyl sites for hydroxylation is 2. The molecular formula is C17H25N3S. The molecule has 3 nitrogen and oxygen atoms in total. The molecule has 0 amide bonds. The van der Waals surface area contributed by atoms with E-state index in [1.165, 1.54) is 39.5 Å². The fourth-order valence-electron chi connectivity index (χ4n) is 2.78. The number of hydrogen-bond acceptors (Lipinski definition) is 3. The summed E-state index contributed by atoms with van der Waals surface area (Å²) in [5, 5.41) is 8.34. The van der Waals surface area contributed by atoms with E-state index < -0.39 is 0 Å². The van der Waals surface area contributed by atoms with E-state index in [1.807, 2.05) is 11.3 Å². The van der Waals surface area contributed by atoms with Crippen LogP contribution >= 0.6 is 11.3 Å². The van der Waals surface area contributed by atoms with E-state index in [4.69, 9.17) is 5.10 Å². The Morgan fingerprint density at radius 2 is 2.05 bits per heavy atom. The molecule has 1 saturated carbocycles. The molecule has 1 aliphatic rings. The summed E-state index contributed by atoms with van der Waals surface area (Å²) in [6.07, 6.45) is 4.93. The van der Waals surface area contributed by atoms with Crippen LogP contribution in [0.1, 0.15) is 46.5 Å². The minimum absolute atomic E-state index is 0.791. The third kappa shape index (κ3) is 3.55. The lowest BCUT2D eigenvalue weighted by Crippen LogP contribution is -2.19. The highest BCUT2D eigenvalue weighted by Gasteiger charge is 2.20. The summed E-state index contributed by atoms with van der Waals surface area (Å²) < 4.78 is 2.17. The third-order valence-electron chi connectivity index (χ3n) is 4.29. The first kappa shape index (κ1) is 14.8. The molecule has 2 aromatic rings. The third-order valence-corrected chi connectivity index (χ3v) is 5.50. The van der Waals surface area contributed by atoms with Crippen molar-refractivity contribution in [2.45, 2.75) is 59.0 Å². The van der Waals surface area contributed by atoms with Crippen LogP contribution in [0.4, 0.5) is 0 Å². The highest BCUT2D eigenvalue weighted by Crippen LogP contribution is 2.21. The molecule has 2 heterocycles. The monoisotopic (exact) mass is 303 g/mol. The SMILES string of the molecule is CCc1ccc(Cn2nc(C)c(CCNC3CC3)c2C)s1. The maximum absolute atomic E-state index is 4.75. The summed E-state index contributed by atoms with van der Waals surface area (Å²) in [5.41, 5.74) is 3.95. The van der Waals surface area contributed by atoms with Gasteiger partial charge in [-0.15, -0.1) is 11.3 Å². The zero-order chi connectivity index (χ0) is 14.8. The van der Waals surface area contributed by atoms with Crippen molar-refractivity contribution in [3.8, 4) is 0 Å². The van der Waals surface area contributed by atoms with Gasteiger partial charge in [-0.2, -0.15) is 5.10 Å². The second-order valence-electron chi connectivity index (χ2n) is 6.01. The highest BCUT2D eigenvalue weighted by molar-refractivity contribution is 7.11. The van der Waals surface area contributed by atoms with Crippen LogP contribution in [0.2, 0.25) is 0 Å². The molecule has 0 bridgehead atoms. The largest absolute Gasteiger partial charge is 0.314 e. The number of nitrogens with one attached hydrogen (secondary N) is 1. The average molecular weight is 303 g/mol. The van der Waals surface area contributed by atoms with Gasteiger partial charge < -0.3 is 5.32 Å². The fraction of sp³-hybridized carbons (Fsp3) is 0.588. The molecule has 1 aliphatic carbocycles. The summed E-state index contributed by atoms with van der Waals surface area (Å²) in [5.74, 6) is 0. The van der Waals surface area contributed by atoms with Crippen LogP contribution in [0.15, 0.2) is 12.1 Å². The van der Waals surface area contributed by atoms with E-state index in [2.05, 4.69) is 42.9 Å². The van der Waals surface area contributed by atoms with Crippen LogP contribution in [-0.4, -0.2) is 22.4 Å². The zero-order valence-electron chi connectivity index (χ0n) is 13.3. The Bertz CT molecular complexity index is 608. The second-order valence-corrected chi connectivity index (χ2v) is 7.26. The van der Waals surface area contributed by atoms with Gasteiger partial charge in [0.15, 0.2) is 0 Å². The Labute approximate surface area is 131 Å². The number of rotatable bonds is 7. The quantitative estimate of drug-likeness (QED) is 0.849. The van der Waals surface area contributed by atoms with Crippen LogP contribution < -0.4 is 5.32 Å². The summed E-state index contributed by atoms with van der Waals surface area (Å²) in [4.78, 5) is 2.86. The van der Waals surface area contributed by atoms with Crippen molar-refractivity contribution in [3.05, 3.63) is 38.8 Å². The summed E-state index contributed by atoms with van der Waals surface area (Å²) in [6, 6.07) is 5.28. The molecule has 2 aromatic heterocycles. The molecule has 0 aliphatic heterocycles. The van der Waals surface area contributed by atoms with Gasteiger partial charge >= 0.3 is 0 Å². The van der Waals surface area contributed by atoms with E-state index in [1.54, 1.807) is 0 Å². The van der Waals surface area contributed by atoms with Gasteiger partial charge in [-0.05, 0) is 63.8 Å². The minimum atomic E-state index is 0.791. The van der Waals surface area contributed by atoms with Crippen molar-refractivity contribution < 1.29 is 0 Å². The van der Waals surface area contributed by atoms with Gasteiger partial charge in [0.2, 0.25) is 0 Å². The van der Waals surface area contributed by atoms with E-state index in [9.17, 15) is 0 Å². The molecule has 4 heteroatoms. The Morgan fingerprint density at radius 3 is 2.71 bits per heavy atom. The summed E-state index contributed by atoms with van der Waals surface area (Å²) >= 11 is 1.91. The van der Waals surface area contributed by atoms with E-state index in [0.29, 0.717) is 0 Å². The molecule has 21 heavy (non-hydrogen) atoms. The summed E-state index contributed by atoms with van der Waals surface area (Å²) in [7, 11) is 0. The normalized spacial score (nSPS) is 14.8. The number of thiophene rings is 1. The second kappa shape index (κ2) is 6.32. The number of nitrogens with zero attached hydrogens (tertiary/aromatic N) is 2. The van der Waals surface area contributed by atoms with Crippen molar-refractivity contribution >= 4 is 11.3 Å². The van der Waals surface area contributed by atoms with Crippen LogP contribution in [0.5, 0.6) is 0 Å². The van der Waals surface area contributed by atoms with Gasteiger partial charge in [0.25, 0.3) is 0 Å². The number of aromatic nitrogens is 2. The Kier molecular flexibility index (Phi) is 4.45. The van der Waals surface area contributed by atoms with Crippen molar-refractivity contribution in [1.29, 1.82) is 0 Å². The van der Waals surface area contributed by atoms with Crippen LogP contribution in [0, 0.1) is 13.8 Å². The van der Waals surface area contributed by atoms with Gasteiger partial charge in [-0.3, -0.25) is 4.68 Å². The lowest BCUT2D eigenvalue weighted by molar-refractivity contribution is 0.660. The lowest BCUT2D eigenvalue weighted by atomic mass is 10.1. The van der Waals surface area contributed by atoms with Crippen LogP contribution in [0.25, 0.3) is 0 Å². The van der Waals surface area contributed by atoms with Gasteiger partial charge in [0, 0.05) is 21.5 Å². The zero-order valence-corrected chi connectivity index (χ0v) is 14.1. The maximum atomic E-state index is 4.75. The Hall–Kier alpha value is -1.13. The minimum Gasteiger partial charge on any atom is -0.314 e. The predicted molar refractivity (Wildman–Crippen MR) is 89.2 cm³/mol. The molecular weight excluding hydrogens is 278 g/mol. The van der Waals surface area contributed by atoms with Crippen molar-refractivity contribution in [2.75, 3.05) is 6.54 Å². The standard InChI is InChI=1S/C17H25N3S/c1-4-15-7-8-16(21-15)11-20-13(3)17(12(2)19-20)9-10-18-14-5-6-14/h7-8,14,18H,4-6,9-11H2,1-3H3. The van der Waals surface area contributed by atoms with Crippen molar-refractivity contribution in [1.82, 2.24) is 15.1 Å². The molecule has 1 N–H and O–H groups in total. The molecule has 3 rings (SSSR count). The van der Waals surface area contributed by atoms with Gasteiger partial charge in [0.1, 0.15) is 0 Å². The van der Waals surface area contributed by atoms with E-state index >= 15 is 0 Å². The van der Waals surface area contributed by atoms with Gasteiger partial charge in [-0.1, -0.05) is 6.92 Å². The average Bonchev–Trinajstić information content (AvgIpc) is 3.12. The van der Waals surface area contributed by atoms with Crippen molar-refractivity contribution in [2.24, 2.45) is 0 Å². The molecule has 114 valence electrons. The first-order valence-corrected chi connectivity index (χ1v) is 8.83. The lowest BCUT2D eigenvalue weighted by Gasteiger charge is -2.05. The van der Waals surface area contributed by atoms with Gasteiger partial charge in [-0.25, -0.2) is 0 Å². The molecule has 0 aromatic carbocycles. The highest BCUT2D eigenvalue weighted by atomic mass is 32.1.